The van der Waals surface area contributed by atoms with Gasteiger partial charge in [0.25, 0.3) is 5.56 Å². The molecule has 1 fully saturated rings. The number of carbonyl (C=O) groups excluding carboxylic acids is 5. The second-order valence-electron chi connectivity index (χ2n) is 10.7. The minimum Gasteiger partial charge on any atom is -0.464 e. The number of fused-ring (bicyclic) bond motifs is 1. The Morgan fingerprint density at radius 3 is 2.30 bits per heavy atom. The summed E-state index contributed by atoms with van der Waals surface area (Å²) in [7, 11) is 3.03. The monoisotopic (exact) mass is 661 g/mol. The van der Waals surface area contributed by atoms with Crippen LogP contribution in [0, 0.1) is 0 Å². The number of carbonyl (C=O) groups is 5. The lowest BCUT2D eigenvalue weighted by Crippen LogP contribution is -2.47. The van der Waals surface area contributed by atoms with Crippen LogP contribution < -0.4 is 11.2 Å². The summed E-state index contributed by atoms with van der Waals surface area (Å²) in [5.41, 5.74) is -0.843. The highest BCUT2D eigenvalue weighted by molar-refractivity contribution is 5.89. The molecule has 0 N–H and O–H groups in total. The lowest BCUT2D eigenvalue weighted by atomic mass is 10.1. The molecule has 0 amide bonds. The first-order valence-corrected chi connectivity index (χ1v) is 14.5. The van der Waals surface area contributed by atoms with Crippen LogP contribution in [0.5, 0.6) is 0 Å². The van der Waals surface area contributed by atoms with Gasteiger partial charge >= 0.3 is 35.5 Å². The van der Waals surface area contributed by atoms with E-state index in [9.17, 15) is 33.6 Å². The zero-order chi connectivity index (χ0) is 34.4. The van der Waals surface area contributed by atoms with Crippen molar-refractivity contribution in [1.29, 1.82) is 0 Å². The number of aryl methyl sites for hydroxylation is 2. The second-order valence-corrected chi connectivity index (χ2v) is 10.7. The van der Waals surface area contributed by atoms with Gasteiger partial charge in [-0.25, -0.2) is 19.1 Å². The van der Waals surface area contributed by atoms with Crippen LogP contribution in [0.25, 0.3) is 11.2 Å². The Hall–Kier alpha value is -5.26. The highest BCUT2D eigenvalue weighted by atomic mass is 16.7. The van der Waals surface area contributed by atoms with E-state index in [1.165, 1.54) is 44.8 Å². The van der Waals surface area contributed by atoms with Gasteiger partial charge in [0.2, 0.25) is 0 Å². The first-order valence-electron chi connectivity index (χ1n) is 14.5. The summed E-state index contributed by atoms with van der Waals surface area (Å²) in [6.07, 6.45) is 1.97. The zero-order valence-electron chi connectivity index (χ0n) is 26.4. The molecule has 0 unspecified atom stereocenters. The van der Waals surface area contributed by atoms with Gasteiger partial charge in [-0.3, -0.25) is 28.5 Å². The van der Waals surface area contributed by atoms with Gasteiger partial charge in [0.05, 0.1) is 31.7 Å². The SMILES string of the molecule is CC(=O)OC[C@H]1O[C@@H](N2C=CC=C(C(=O)OCCCOC(=O)Cn3c(=O)c4c(ncn4C)n(C)c3=O)C2)[C@H](OC(C)=O)[C@@H]1OC(C)=O. The number of ether oxygens (including phenoxy) is 6. The van der Waals surface area contributed by atoms with Crippen LogP contribution in [-0.4, -0.2) is 104 Å². The molecular weight excluding hydrogens is 626 g/mol. The fourth-order valence-electron chi connectivity index (χ4n) is 5.05. The van der Waals surface area contributed by atoms with E-state index < -0.39 is 72.2 Å². The molecule has 18 nitrogen and oxygen atoms in total. The fraction of sp³-hybridized carbons (Fsp3) is 0.517. The van der Waals surface area contributed by atoms with E-state index in [1.54, 1.807) is 24.2 Å². The van der Waals surface area contributed by atoms with Crippen LogP contribution in [-0.2, 0) is 73.0 Å². The van der Waals surface area contributed by atoms with Crippen molar-refractivity contribution in [3.8, 4) is 0 Å². The predicted molar refractivity (Wildman–Crippen MR) is 157 cm³/mol. The highest BCUT2D eigenvalue weighted by Crippen LogP contribution is 2.31. The molecule has 2 aromatic rings. The molecule has 4 atom stereocenters. The highest BCUT2D eigenvalue weighted by Gasteiger charge is 2.51. The third kappa shape index (κ3) is 8.13. The third-order valence-electron chi connectivity index (χ3n) is 7.13. The average Bonchev–Trinajstić information content (AvgIpc) is 3.56. The summed E-state index contributed by atoms with van der Waals surface area (Å²) in [6.45, 7) is 2.35. The van der Waals surface area contributed by atoms with Crippen LogP contribution in [0.15, 0.2) is 39.8 Å². The van der Waals surface area contributed by atoms with Crippen molar-refractivity contribution in [2.45, 2.75) is 58.3 Å². The number of esters is 5. The molecule has 0 bridgehead atoms. The van der Waals surface area contributed by atoms with Crippen molar-refractivity contribution in [2.24, 2.45) is 14.1 Å². The Balaban J connectivity index is 1.30. The van der Waals surface area contributed by atoms with Crippen LogP contribution in [0.2, 0.25) is 0 Å². The van der Waals surface area contributed by atoms with Gasteiger partial charge in [-0.15, -0.1) is 0 Å². The largest absolute Gasteiger partial charge is 0.464 e. The third-order valence-corrected chi connectivity index (χ3v) is 7.13. The Bertz CT molecular complexity index is 1740. The quantitative estimate of drug-likeness (QED) is 0.149. The van der Waals surface area contributed by atoms with E-state index in [0.717, 1.165) is 9.13 Å². The van der Waals surface area contributed by atoms with Gasteiger partial charge in [-0.2, -0.15) is 0 Å². The van der Waals surface area contributed by atoms with E-state index in [2.05, 4.69) is 4.98 Å². The topological polar surface area (TPSA) is 206 Å². The standard InChI is InChI=1S/C29H35N5O13/c1-16(35)44-14-20-23(45-17(2)36)24(46-18(3)37)27(47-20)33-9-6-8-19(12-33)28(40)43-11-7-10-42-21(38)13-34-26(39)22-25(30-15-31(22)4)32(5)29(34)41/h6,8-9,15,20,23-24,27H,7,10-14H2,1-5H3/t20-,23-,24-,27-/m1/s1. The molecule has 18 heteroatoms. The van der Waals surface area contributed by atoms with Crippen molar-refractivity contribution in [2.75, 3.05) is 26.4 Å². The molecule has 254 valence electrons. The molecule has 4 rings (SSSR count). The molecule has 0 spiro atoms. The number of rotatable bonds is 12. The second kappa shape index (κ2) is 14.9. The maximum Gasteiger partial charge on any atom is 0.335 e. The summed E-state index contributed by atoms with van der Waals surface area (Å²) in [5, 5.41) is 0. The number of hydrogen-bond acceptors (Lipinski definition) is 15. The Morgan fingerprint density at radius 2 is 1.62 bits per heavy atom. The Kier molecular flexibility index (Phi) is 11.0. The molecule has 47 heavy (non-hydrogen) atoms. The zero-order valence-corrected chi connectivity index (χ0v) is 26.4. The maximum absolute atomic E-state index is 12.8. The van der Waals surface area contributed by atoms with E-state index in [4.69, 9.17) is 28.4 Å². The van der Waals surface area contributed by atoms with Crippen molar-refractivity contribution in [1.82, 2.24) is 23.6 Å². The molecule has 4 heterocycles. The van der Waals surface area contributed by atoms with Crippen molar-refractivity contribution in [3.63, 3.8) is 0 Å². The summed E-state index contributed by atoms with van der Waals surface area (Å²) < 4.78 is 35.7. The van der Waals surface area contributed by atoms with Gasteiger partial charge in [0, 0.05) is 47.5 Å². The van der Waals surface area contributed by atoms with Gasteiger partial charge in [0.15, 0.2) is 29.6 Å². The summed E-state index contributed by atoms with van der Waals surface area (Å²) >= 11 is 0. The first-order chi connectivity index (χ1) is 22.3. The van der Waals surface area contributed by atoms with E-state index in [-0.39, 0.29) is 49.5 Å². The molecule has 0 saturated carbocycles. The van der Waals surface area contributed by atoms with Crippen molar-refractivity contribution in [3.05, 3.63) is 51.1 Å². The lowest BCUT2D eigenvalue weighted by Gasteiger charge is -2.32. The van der Waals surface area contributed by atoms with Crippen LogP contribution in [0.1, 0.15) is 27.2 Å². The summed E-state index contributed by atoms with van der Waals surface area (Å²) in [4.78, 5) is 91.3. The number of hydrogen-bond donors (Lipinski definition) is 0. The van der Waals surface area contributed by atoms with Crippen LogP contribution in [0.4, 0.5) is 0 Å². The van der Waals surface area contributed by atoms with Crippen molar-refractivity contribution >= 4 is 41.0 Å². The molecule has 2 aliphatic heterocycles. The van der Waals surface area contributed by atoms with Gasteiger partial charge < -0.3 is 37.9 Å². The first kappa shape index (κ1) is 34.6. The molecular formula is C29H35N5O13. The number of nitrogens with zero attached hydrogens (tertiary/aromatic N) is 5. The normalized spacial score (nSPS) is 20.4. The van der Waals surface area contributed by atoms with E-state index in [1.807, 2.05) is 0 Å². The van der Waals surface area contributed by atoms with E-state index >= 15 is 0 Å². The molecule has 0 aromatic carbocycles. The smallest absolute Gasteiger partial charge is 0.335 e. The molecule has 1 saturated heterocycles. The minimum absolute atomic E-state index is 0.0372. The van der Waals surface area contributed by atoms with E-state index in [0.29, 0.717) is 0 Å². The molecule has 2 aliphatic rings. The lowest BCUT2D eigenvalue weighted by molar-refractivity contribution is -0.167. The minimum atomic E-state index is -1.12. The number of aromatic nitrogens is 4. The summed E-state index contributed by atoms with van der Waals surface area (Å²) in [6, 6.07) is 0. The van der Waals surface area contributed by atoms with Gasteiger partial charge in [0.1, 0.15) is 19.3 Å². The average molecular weight is 662 g/mol. The van der Waals surface area contributed by atoms with Crippen LogP contribution >= 0.6 is 0 Å². The van der Waals surface area contributed by atoms with Crippen LogP contribution in [0.3, 0.4) is 0 Å². The Morgan fingerprint density at radius 1 is 0.936 bits per heavy atom. The van der Waals surface area contributed by atoms with Gasteiger partial charge in [-0.05, 0) is 12.2 Å². The Labute approximate surface area is 267 Å². The summed E-state index contributed by atoms with van der Waals surface area (Å²) in [5.74, 6) is -3.44. The van der Waals surface area contributed by atoms with Crippen molar-refractivity contribution < 1.29 is 52.4 Å². The van der Waals surface area contributed by atoms with Gasteiger partial charge in [-0.1, -0.05) is 0 Å². The molecule has 2 aromatic heterocycles. The molecule has 0 radical (unpaired) electrons. The fourth-order valence-corrected chi connectivity index (χ4v) is 5.05. The predicted octanol–water partition coefficient (Wildman–Crippen LogP) is -1.18. The maximum atomic E-state index is 12.8. The number of imidazole rings is 1. The number of allylic oxidation sites excluding steroid dienone is 2. The molecule has 0 aliphatic carbocycles.